The van der Waals surface area contributed by atoms with Crippen molar-refractivity contribution in [2.75, 3.05) is 31.1 Å². The summed E-state index contributed by atoms with van der Waals surface area (Å²) in [6.45, 7) is 10.1. The molecule has 0 radical (unpaired) electrons. The van der Waals surface area contributed by atoms with E-state index < -0.39 is 11.5 Å². The first-order chi connectivity index (χ1) is 10.3. The SMILES string of the molecule is CC(NC(=O)C(C)(C)C)C(=O)N1CCN(c2nccs2)CC1. The molecule has 2 amide bonds. The molecule has 1 saturated heterocycles. The second-order valence-electron chi connectivity index (χ2n) is 6.57. The Balaban J connectivity index is 1.85. The first-order valence-electron chi connectivity index (χ1n) is 7.53. The molecule has 0 aliphatic carbocycles. The lowest BCUT2D eigenvalue weighted by molar-refractivity contribution is -0.138. The topological polar surface area (TPSA) is 65.5 Å². The molecule has 122 valence electrons. The molecule has 1 N–H and O–H groups in total. The van der Waals surface area contributed by atoms with Gasteiger partial charge in [0.2, 0.25) is 11.8 Å². The van der Waals surface area contributed by atoms with Gasteiger partial charge in [0, 0.05) is 43.2 Å². The van der Waals surface area contributed by atoms with E-state index in [1.165, 1.54) is 0 Å². The van der Waals surface area contributed by atoms with E-state index in [1.54, 1.807) is 24.5 Å². The molecule has 1 aliphatic heterocycles. The minimum atomic E-state index is -0.488. The van der Waals surface area contributed by atoms with Gasteiger partial charge in [-0.2, -0.15) is 0 Å². The number of anilines is 1. The predicted octanol–water partition coefficient (Wildman–Crippen LogP) is 1.34. The van der Waals surface area contributed by atoms with Crippen molar-refractivity contribution in [3.63, 3.8) is 0 Å². The summed E-state index contributed by atoms with van der Waals surface area (Å²) in [4.78, 5) is 32.7. The van der Waals surface area contributed by atoms with E-state index in [0.29, 0.717) is 13.1 Å². The Bertz CT molecular complexity index is 516. The van der Waals surface area contributed by atoms with E-state index in [-0.39, 0.29) is 11.8 Å². The van der Waals surface area contributed by atoms with Gasteiger partial charge in [-0.3, -0.25) is 9.59 Å². The highest BCUT2D eigenvalue weighted by Crippen LogP contribution is 2.19. The molecule has 1 aliphatic rings. The first-order valence-corrected chi connectivity index (χ1v) is 8.41. The third-order valence-corrected chi connectivity index (χ3v) is 4.51. The van der Waals surface area contributed by atoms with Crippen molar-refractivity contribution in [1.82, 2.24) is 15.2 Å². The van der Waals surface area contributed by atoms with Gasteiger partial charge in [0.1, 0.15) is 6.04 Å². The molecule has 1 unspecified atom stereocenters. The molecular weight excluding hydrogens is 300 g/mol. The highest BCUT2D eigenvalue weighted by atomic mass is 32.1. The lowest BCUT2D eigenvalue weighted by Crippen LogP contribution is -2.55. The number of nitrogens with zero attached hydrogens (tertiary/aromatic N) is 3. The van der Waals surface area contributed by atoms with Gasteiger partial charge in [0.15, 0.2) is 5.13 Å². The Labute approximate surface area is 135 Å². The molecule has 0 aromatic carbocycles. The second-order valence-corrected chi connectivity index (χ2v) is 7.45. The summed E-state index contributed by atoms with van der Waals surface area (Å²) in [5.74, 6) is -0.119. The van der Waals surface area contributed by atoms with Gasteiger partial charge in [-0.25, -0.2) is 4.98 Å². The van der Waals surface area contributed by atoms with Crippen LogP contribution in [0.3, 0.4) is 0 Å². The molecule has 1 aromatic rings. The number of amides is 2. The first kappa shape index (κ1) is 16.7. The van der Waals surface area contributed by atoms with Gasteiger partial charge in [0.25, 0.3) is 0 Å². The third kappa shape index (κ3) is 3.97. The van der Waals surface area contributed by atoms with Crippen molar-refractivity contribution in [3.8, 4) is 0 Å². The number of hydrogen-bond donors (Lipinski definition) is 1. The zero-order valence-electron chi connectivity index (χ0n) is 13.6. The second kappa shape index (κ2) is 6.64. The van der Waals surface area contributed by atoms with Crippen LogP contribution in [-0.4, -0.2) is 53.9 Å². The molecule has 1 fully saturated rings. The Kier molecular flexibility index (Phi) is 5.05. The highest BCUT2D eigenvalue weighted by molar-refractivity contribution is 7.13. The number of rotatable bonds is 3. The number of carbonyl (C=O) groups excluding carboxylic acids is 2. The molecule has 1 atom stereocenters. The Hall–Kier alpha value is -1.63. The average molecular weight is 324 g/mol. The van der Waals surface area contributed by atoms with Crippen molar-refractivity contribution >= 4 is 28.3 Å². The fourth-order valence-corrected chi connectivity index (χ4v) is 2.94. The molecule has 2 heterocycles. The number of nitrogens with one attached hydrogen (secondary N) is 1. The fourth-order valence-electron chi connectivity index (χ4n) is 2.24. The molecule has 6 nitrogen and oxygen atoms in total. The van der Waals surface area contributed by atoms with Crippen LogP contribution in [0.4, 0.5) is 5.13 Å². The quantitative estimate of drug-likeness (QED) is 0.911. The maximum atomic E-state index is 12.4. The molecule has 22 heavy (non-hydrogen) atoms. The summed E-state index contributed by atoms with van der Waals surface area (Å²) >= 11 is 1.61. The summed E-state index contributed by atoms with van der Waals surface area (Å²) in [7, 11) is 0. The summed E-state index contributed by atoms with van der Waals surface area (Å²) < 4.78 is 0. The number of hydrogen-bond acceptors (Lipinski definition) is 5. The maximum Gasteiger partial charge on any atom is 0.244 e. The third-order valence-electron chi connectivity index (χ3n) is 3.68. The van der Waals surface area contributed by atoms with Crippen LogP contribution in [0.15, 0.2) is 11.6 Å². The van der Waals surface area contributed by atoms with Crippen LogP contribution in [0, 0.1) is 5.41 Å². The lowest BCUT2D eigenvalue weighted by atomic mass is 9.95. The van der Waals surface area contributed by atoms with Crippen molar-refractivity contribution < 1.29 is 9.59 Å². The minimum absolute atomic E-state index is 0.0172. The smallest absolute Gasteiger partial charge is 0.244 e. The largest absolute Gasteiger partial charge is 0.345 e. The summed E-state index contributed by atoms with van der Waals surface area (Å²) in [6.07, 6.45) is 1.79. The summed E-state index contributed by atoms with van der Waals surface area (Å²) in [5, 5.41) is 5.76. The number of carbonyl (C=O) groups is 2. The molecule has 0 bridgehead atoms. The zero-order chi connectivity index (χ0) is 16.3. The molecular formula is C15H24N4O2S. The van der Waals surface area contributed by atoms with Gasteiger partial charge in [-0.15, -0.1) is 11.3 Å². The Morgan fingerprint density at radius 3 is 2.41 bits per heavy atom. The van der Waals surface area contributed by atoms with E-state index in [0.717, 1.165) is 18.2 Å². The number of piperazine rings is 1. The van der Waals surface area contributed by atoms with E-state index in [4.69, 9.17) is 0 Å². The molecule has 0 spiro atoms. The van der Waals surface area contributed by atoms with Gasteiger partial charge in [-0.1, -0.05) is 20.8 Å². The van der Waals surface area contributed by atoms with Crippen LogP contribution in [0.1, 0.15) is 27.7 Å². The maximum absolute atomic E-state index is 12.4. The molecule has 7 heteroatoms. The standard InChI is InChI=1S/C15H24N4O2S/c1-11(17-13(21)15(2,3)4)12(20)18-6-8-19(9-7-18)14-16-5-10-22-14/h5,10-11H,6-9H2,1-4H3,(H,17,21). The van der Waals surface area contributed by atoms with Gasteiger partial charge in [-0.05, 0) is 6.92 Å². The van der Waals surface area contributed by atoms with Crippen LogP contribution >= 0.6 is 11.3 Å². The van der Waals surface area contributed by atoms with Crippen LogP contribution in [0.2, 0.25) is 0 Å². The number of thiazole rings is 1. The molecule has 1 aromatic heterocycles. The van der Waals surface area contributed by atoms with Crippen LogP contribution < -0.4 is 10.2 Å². The van der Waals surface area contributed by atoms with E-state index in [2.05, 4.69) is 15.2 Å². The van der Waals surface area contributed by atoms with E-state index >= 15 is 0 Å². The van der Waals surface area contributed by atoms with Crippen molar-refractivity contribution in [1.29, 1.82) is 0 Å². The zero-order valence-corrected chi connectivity index (χ0v) is 14.4. The number of aromatic nitrogens is 1. The Morgan fingerprint density at radius 1 is 1.27 bits per heavy atom. The molecule has 0 saturated carbocycles. The summed E-state index contributed by atoms with van der Waals surface area (Å²) in [6, 6.07) is -0.488. The predicted molar refractivity (Wildman–Crippen MR) is 88.0 cm³/mol. The minimum Gasteiger partial charge on any atom is -0.345 e. The highest BCUT2D eigenvalue weighted by Gasteiger charge is 2.29. The van der Waals surface area contributed by atoms with Gasteiger partial charge in [0.05, 0.1) is 0 Å². The van der Waals surface area contributed by atoms with Crippen LogP contribution in [0.5, 0.6) is 0 Å². The van der Waals surface area contributed by atoms with Crippen molar-refractivity contribution in [2.45, 2.75) is 33.7 Å². The normalized spacial score (nSPS) is 17.3. The van der Waals surface area contributed by atoms with Crippen molar-refractivity contribution in [3.05, 3.63) is 11.6 Å². The summed E-state index contributed by atoms with van der Waals surface area (Å²) in [5.41, 5.74) is -0.488. The average Bonchev–Trinajstić information content (AvgIpc) is 2.99. The van der Waals surface area contributed by atoms with E-state index in [1.807, 2.05) is 31.1 Å². The van der Waals surface area contributed by atoms with Crippen LogP contribution in [0.25, 0.3) is 0 Å². The van der Waals surface area contributed by atoms with E-state index in [9.17, 15) is 9.59 Å². The fraction of sp³-hybridized carbons (Fsp3) is 0.667. The lowest BCUT2D eigenvalue weighted by Gasteiger charge is -2.36. The monoisotopic (exact) mass is 324 g/mol. The van der Waals surface area contributed by atoms with Crippen LogP contribution in [-0.2, 0) is 9.59 Å². The molecule has 2 rings (SSSR count). The van der Waals surface area contributed by atoms with Crippen molar-refractivity contribution in [2.24, 2.45) is 5.41 Å². The Morgan fingerprint density at radius 2 is 1.91 bits per heavy atom. The van der Waals surface area contributed by atoms with Gasteiger partial charge >= 0.3 is 0 Å². The van der Waals surface area contributed by atoms with Gasteiger partial charge < -0.3 is 15.1 Å².